The molecular weight excluding hydrogens is 442 g/mol. The number of hydrogen-bond donors (Lipinski definition) is 1. The van der Waals surface area contributed by atoms with Crippen LogP contribution in [0.3, 0.4) is 0 Å². The van der Waals surface area contributed by atoms with Gasteiger partial charge >= 0.3 is 0 Å². The van der Waals surface area contributed by atoms with Gasteiger partial charge in [0.2, 0.25) is 10.0 Å². The van der Waals surface area contributed by atoms with Gasteiger partial charge < -0.3 is 4.74 Å². The van der Waals surface area contributed by atoms with Crippen LogP contribution in [-0.2, 0) is 10.0 Å². The van der Waals surface area contributed by atoms with E-state index in [2.05, 4.69) is 58.4 Å². The number of nitrogens with one attached hydrogen (secondary N) is 1. The molecule has 3 rings (SSSR count). The van der Waals surface area contributed by atoms with Gasteiger partial charge in [-0.15, -0.1) is 0 Å². The Bertz CT molecular complexity index is 1170. The highest BCUT2D eigenvalue weighted by Gasteiger charge is 2.30. The average Bonchev–Trinajstić information content (AvgIpc) is 2.82. The molecule has 0 amide bonds. The lowest BCUT2D eigenvalue weighted by molar-refractivity contribution is 0.414. The second kappa shape index (κ2) is 10.7. The van der Waals surface area contributed by atoms with Crippen LogP contribution in [0.5, 0.6) is 5.75 Å². The Hall–Kier alpha value is -2.63. The summed E-state index contributed by atoms with van der Waals surface area (Å²) >= 11 is 0. The summed E-state index contributed by atoms with van der Waals surface area (Å²) in [5, 5.41) is 0. The summed E-state index contributed by atoms with van der Waals surface area (Å²) in [6.07, 6.45) is 0. The number of hydrogen-bond acceptors (Lipinski definition) is 3. The Morgan fingerprint density at radius 3 is 1.62 bits per heavy atom. The lowest BCUT2D eigenvalue weighted by Gasteiger charge is -2.26. The first-order chi connectivity index (χ1) is 16.0. The van der Waals surface area contributed by atoms with Crippen molar-refractivity contribution in [3.8, 4) is 5.75 Å². The molecule has 3 aromatic rings. The summed E-state index contributed by atoms with van der Waals surface area (Å²) in [7, 11) is -2.23. The fourth-order valence-electron chi connectivity index (χ4n) is 4.18. The van der Waals surface area contributed by atoms with Gasteiger partial charge in [-0.2, -0.15) is 4.72 Å². The van der Waals surface area contributed by atoms with Crippen LogP contribution in [-0.4, -0.2) is 15.5 Å². The van der Waals surface area contributed by atoms with E-state index in [0.29, 0.717) is 10.8 Å². The summed E-state index contributed by atoms with van der Waals surface area (Å²) in [6.45, 7) is 12.5. The van der Waals surface area contributed by atoms with Crippen LogP contribution in [0.1, 0.15) is 93.2 Å². The van der Waals surface area contributed by atoms with Gasteiger partial charge in [-0.3, -0.25) is 0 Å². The van der Waals surface area contributed by atoms with Gasteiger partial charge in [-0.25, -0.2) is 8.42 Å². The van der Waals surface area contributed by atoms with Gasteiger partial charge in [0.25, 0.3) is 0 Å². The summed E-state index contributed by atoms with van der Waals surface area (Å²) in [4.78, 5) is 0.413. The topological polar surface area (TPSA) is 55.4 Å². The molecule has 0 aliphatic rings. The van der Waals surface area contributed by atoms with Crippen molar-refractivity contribution in [3.63, 3.8) is 0 Å². The highest BCUT2D eigenvalue weighted by molar-refractivity contribution is 7.89. The number of rotatable bonds is 9. The van der Waals surface area contributed by atoms with Crippen LogP contribution in [0.25, 0.3) is 0 Å². The monoisotopic (exact) mass is 479 g/mol. The molecular formula is C29H37NO3S. The second-order valence-electron chi connectivity index (χ2n) is 9.73. The maximum absolute atomic E-state index is 14.1. The van der Waals surface area contributed by atoms with Gasteiger partial charge in [0.15, 0.2) is 0 Å². The summed E-state index contributed by atoms with van der Waals surface area (Å²) < 4.78 is 36.6. The van der Waals surface area contributed by atoms with E-state index >= 15 is 0 Å². The summed E-state index contributed by atoms with van der Waals surface area (Å²) in [6, 6.07) is 20.8. The molecule has 182 valence electrons. The molecule has 0 unspecified atom stereocenters. The number of sulfonamides is 1. The first-order valence-electron chi connectivity index (χ1n) is 11.9. The molecule has 5 heteroatoms. The Morgan fingerprint density at radius 1 is 0.676 bits per heavy atom. The van der Waals surface area contributed by atoms with Crippen LogP contribution >= 0.6 is 0 Å². The first kappa shape index (κ1) is 26.0. The number of methoxy groups -OCH3 is 1. The highest BCUT2D eigenvalue weighted by atomic mass is 32.2. The van der Waals surface area contributed by atoms with E-state index < -0.39 is 16.1 Å². The first-order valence-corrected chi connectivity index (χ1v) is 13.4. The van der Waals surface area contributed by atoms with E-state index in [4.69, 9.17) is 4.74 Å². The minimum Gasteiger partial charge on any atom is -0.497 e. The molecule has 0 aliphatic heterocycles. The van der Waals surface area contributed by atoms with Crippen molar-refractivity contribution in [1.82, 2.24) is 4.72 Å². The van der Waals surface area contributed by atoms with E-state index in [1.54, 1.807) is 7.11 Å². The molecule has 1 N–H and O–H groups in total. The molecule has 34 heavy (non-hydrogen) atoms. The SMILES string of the molecule is COc1ccc([C@H](NS(=O)(=O)c2c(C(C)C)cc(C(C)C)cc2C(C)C)c2ccccc2)cc1. The van der Waals surface area contributed by atoms with E-state index in [1.807, 2.05) is 54.6 Å². The molecule has 1 atom stereocenters. The smallest absolute Gasteiger partial charge is 0.242 e. The standard InChI is InChI=1S/C29H37NO3S/c1-19(2)24-17-26(20(3)4)29(27(18-24)21(5)6)34(31,32)30-28(22-11-9-8-10-12-22)23-13-15-25(33-7)16-14-23/h8-21,28,30H,1-7H3/t28-/m1/s1. The van der Waals surface area contributed by atoms with Crippen molar-refractivity contribution in [2.45, 2.75) is 70.2 Å². The maximum Gasteiger partial charge on any atom is 0.242 e. The molecule has 0 bridgehead atoms. The Kier molecular flexibility index (Phi) is 8.21. The van der Waals surface area contributed by atoms with Gasteiger partial charge in [0.1, 0.15) is 5.75 Å². The van der Waals surface area contributed by atoms with Crippen LogP contribution in [0.15, 0.2) is 71.6 Å². The third-order valence-electron chi connectivity index (χ3n) is 6.20. The third kappa shape index (κ3) is 5.70. The van der Waals surface area contributed by atoms with Gasteiger partial charge in [0.05, 0.1) is 18.0 Å². The quantitative estimate of drug-likeness (QED) is 0.355. The zero-order valence-corrected chi connectivity index (χ0v) is 22.1. The normalized spacial score (nSPS) is 13.0. The zero-order valence-electron chi connectivity index (χ0n) is 21.3. The summed E-state index contributed by atoms with van der Waals surface area (Å²) in [5.41, 5.74) is 4.63. The lowest BCUT2D eigenvalue weighted by atomic mass is 9.89. The fraction of sp³-hybridized carbons (Fsp3) is 0.379. The molecule has 0 saturated carbocycles. The van der Waals surface area contributed by atoms with Crippen molar-refractivity contribution < 1.29 is 13.2 Å². The third-order valence-corrected chi connectivity index (χ3v) is 7.76. The van der Waals surface area contributed by atoms with Gasteiger partial charge in [-0.1, -0.05) is 96.1 Å². The van der Waals surface area contributed by atoms with E-state index in [-0.39, 0.29) is 11.8 Å². The Balaban J connectivity index is 2.19. The van der Waals surface area contributed by atoms with Crippen LogP contribution < -0.4 is 9.46 Å². The predicted molar refractivity (Wildman–Crippen MR) is 140 cm³/mol. The number of ether oxygens (including phenoxy) is 1. The minimum absolute atomic E-state index is 0.0685. The zero-order chi connectivity index (χ0) is 25.0. The summed E-state index contributed by atoms with van der Waals surface area (Å²) in [5.74, 6) is 1.18. The van der Waals surface area contributed by atoms with Crippen LogP contribution in [0.4, 0.5) is 0 Å². The van der Waals surface area contributed by atoms with Gasteiger partial charge in [-0.05, 0) is 57.7 Å². The van der Waals surface area contributed by atoms with E-state index in [1.165, 1.54) is 5.56 Å². The molecule has 0 saturated heterocycles. The van der Waals surface area contributed by atoms with E-state index in [0.717, 1.165) is 28.0 Å². The van der Waals surface area contributed by atoms with Crippen LogP contribution in [0, 0.1) is 0 Å². The molecule has 4 nitrogen and oxygen atoms in total. The Labute approximate surface area is 205 Å². The molecule has 3 aromatic carbocycles. The van der Waals surface area contributed by atoms with Gasteiger partial charge in [0, 0.05) is 0 Å². The van der Waals surface area contributed by atoms with E-state index in [9.17, 15) is 8.42 Å². The highest BCUT2D eigenvalue weighted by Crippen LogP contribution is 2.36. The second-order valence-corrected chi connectivity index (χ2v) is 11.4. The van der Waals surface area contributed by atoms with Crippen LogP contribution in [0.2, 0.25) is 0 Å². The van der Waals surface area contributed by atoms with Crippen molar-refractivity contribution in [2.24, 2.45) is 0 Å². The molecule has 0 aromatic heterocycles. The number of benzene rings is 3. The van der Waals surface area contributed by atoms with Crippen molar-refractivity contribution in [1.29, 1.82) is 0 Å². The fourth-order valence-corrected chi connectivity index (χ4v) is 6.09. The molecule has 0 aliphatic carbocycles. The molecule has 0 fully saturated rings. The minimum atomic E-state index is -3.85. The lowest BCUT2D eigenvalue weighted by Crippen LogP contribution is -2.31. The average molecular weight is 480 g/mol. The molecule has 0 heterocycles. The van der Waals surface area contributed by atoms with Crippen molar-refractivity contribution in [2.75, 3.05) is 7.11 Å². The Morgan fingerprint density at radius 2 is 1.18 bits per heavy atom. The van der Waals surface area contributed by atoms with Crippen molar-refractivity contribution in [3.05, 3.63) is 94.5 Å². The van der Waals surface area contributed by atoms with Crippen molar-refractivity contribution >= 4 is 10.0 Å². The maximum atomic E-state index is 14.1. The molecule has 0 radical (unpaired) electrons. The molecule has 0 spiro atoms. The largest absolute Gasteiger partial charge is 0.497 e. The predicted octanol–water partition coefficient (Wildman–Crippen LogP) is 7.13.